The smallest absolute Gasteiger partial charge is 0.0541 e. The Hall–Kier alpha value is -6.12. The molecule has 226 valence electrons. The van der Waals surface area contributed by atoms with Crippen LogP contribution in [0.2, 0.25) is 0 Å². The average molecular weight is 613 g/mol. The molecule has 1 aromatic heterocycles. The number of fused-ring (bicyclic) bond motifs is 6. The zero-order valence-electron chi connectivity index (χ0n) is 26.4. The van der Waals surface area contributed by atoms with E-state index in [0.717, 1.165) is 17.8 Å². The molecule has 1 unspecified atom stereocenters. The number of para-hydroxylation sites is 4. The summed E-state index contributed by atoms with van der Waals surface area (Å²) in [4.78, 5) is 2.41. The maximum Gasteiger partial charge on any atom is 0.0541 e. The molecular weight excluding hydrogens is 581 g/mol. The van der Waals surface area contributed by atoms with Crippen LogP contribution in [0.4, 0.5) is 17.1 Å². The van der Waals surface area contributed by atoms with E-state index >= 15 is 0 Å². The number of nitrogens with zero attached hydrogens (tertiary/aromatic N) is 2. The highest BCUT2D eigenvalue weighted by atomic mass is 15.1. The summed E-state index contributed by atoms with van der Waals surface area (Å²) in [7, 11) is 0. The van der Waals surface area contributed by atoms with E-state index in [0.29, 0.717) is 5.92 Å². The van der Waals surface area contributed by atoms with Crippen LogP contribution in [0, 0.1) is 0 Å². The Morgan fingerprint density at radius 3 is 2.00 bits per heavy atom. The highest BCUT2D eigenvalue weighted by Gasteiger charge is 2.32. The van der Waals surface area contributed by atoms with E-state index in [1.165, 1.54) is 72.1 Å². The molecule has 0 spiro atoms. The molecule has 2 aliphatic rings. The van der Waals surface area contributed by atoms with E-state index in [9.17, 15) is 0 Å². The van der Waals surface area contributed by atoms with Gasteiger partial charge in [0.15, 0.2) is 0 Å². The third-order valence-electron chi connectivity index (χ3n) is 10.3. The zero-order valence-corrected chi connectivity index (χ0v) is 26.4. The molecule has 10 rings (SSSR count). The van der Waals surface area contributed by atoms with Crippen molar-refractivity contribution in [3.63, 3.8) is 0 Å². The molecule has 0 aliphatic heterocycles. The quantitative estimate of drug-likeness (QED) is 0.188. The summed E-state index contributed by atoms with van der Waals surface area (Å²) < 4.78 is 2.42. The number of benzene rings is 7. The fraction of sp³-hybridized carbons (Fsp3) is 0.0435. The predicted molar refractivity (Wildman–Crippen MR) is 202 cm³/mol. The minimum atomic E-state index is 0.401. The molecule has 0 N–H and O–H groups in total. The van der Waals surface area contributed by atoms with Crippen LogP contribution in [-0.4, -0.2) is 4.57 Å². The van der Waals surface area contributed by atoms with Crippen molar-refractivity contribution in [2.45, 2.75) is 12.3 Å². The number of hydrogen-bond acceptors (Lipinski definition) is 1. The van der Waals surface area contributed by atoms with Crippen molar-refractivity contribution in [2.75, 3.05) is 4.90 Å². The highest BCUT2D eigenvalue weighted by Crippen LogP contribution is 2.52. The second kappa shape index (κ2) is 10.7. The molecule has 0 radical (unpaired) electrons. The number of allylic oxidation sites excluding steroid dienone is 1. The molecule has 0 fully saturated rings. The molecule has 2 heteroatoms. The van der Waals surface area contributed by atoms with Crippen LogP contribution in [0.25, 0.3) is 55.8 Å². The Morgan fingerprint density at radius 2 is 1.17 bits per heavy atom. The van der Waals surface area contributed by atoms with Crippen LogP contribution in [0.1, 0.15) is 29.0 Å². The normalized spacial score (nSPS) is 14.3. The minimum Gasteiger partial charge on any atom is -0.310 e. The number of hydrogen-bond donors (Lipinski definition) is 0. The summed E-state index contributed by atoms with van der Waals surface area (Å²) in [5.41, 5.74) is 16.5. The van der Waals surface area contributed by atoms with Gasteiger partial charge in [-0.25, -0.2) is 0 Å². The van der Waals surface area contributed by atoms with Gasteiger partial charge >= 0.3 is 0 Å². The zero-order chi connectivity index (χ0) is 31.6. The van der Waals surface area contributed by atoms with Crippen LogP contribution in [0.5, 0.6) is 0 Å². The first-order valence-electron chi connectivity index (χ1n) is 16.8. The summed E-state index contributed by atoms with van der Waals surface area (Å²) in [6.45, 7) is 0. The maximum absolute atomic E-state index is 2.44. The van der Waals surface area contributed by atoms with Crippen LogP contribution < -0.4 is 4.90 Å². The molecule has 0 saturated heterocycles. The van der Waals surface area contributed by atoms with Gasteiger partial charge in [0.2, 0.25) is 0 Å². The van der Waals surface area contributed by atoms with E-state index in [4.69, 9.17) is 0 Å². The molecule has 48 heavy (non-hydrogen) atoms. The lowest BCUT2D eigenvalue weighted by molar-refractivity contribution is 0.844. The molecule has 0 amide bonds. The topological polar surface area (TPSA) is 8.17 Å². The molecule has 7 aromatic carbocycles. The van der Waals surface area contributed by atoms with Crippen molar-refractivity contribution in [2.24, 2.45) is 0 Å². The number of aromatic nitrogens is 1. The summed E-state index contributed by atoms with van der Waals surface area (Å²) in [5.74, 6) is 0.401. The Balaban J connectivity index is 1.13. The van der Waals surface area contributed by atoms with Gasteiger partial charge < -0.3 is 9.47 Å². The Morgan fingerprint density at radius 1 is 0.500 bits per heavy atom. The monoisotopic (exact) mass is 612 g/mol. The van der Waals surface area contributed by atoms with Gasteiger partial charge in [-0.05, 0) is 94.4 Å². The Bertz CT molecular complexity index is 2500. The van der Waals surface area contributed by atoms with E-state index in [1.54, 1.807) is 0 Å². The summed E-state index contributed by atoms with van der Waals surface area (Å²) in [5, 5.41) is 2.54. The molecule has 1 atom stereocenters. The molecule has 0 bridgehead atoms. The van der Waals surface area contributed by atoms with Gasteiger partial charge in [-0.2, -0.15) is 0 Å². The fourth-order valence-electron chi connectivity index (χ4n) is 8.24. The lowest BCUT2D eigenvalue weighted by Gasteiger charge is -2.27. The van der Waals surface area contributed by atoms with Crippen molar-refractivity contribution < 1.29 is 0 Å². The van der Waals surface area contributed by atoms with Crippen LogP contribution in [0.15, 0.2) is 170 Å². The van der Waals surface area contributed by atoms with Crippen LogP contribution in [0.3, 0.4) is 0 Å². The lowest BCUT2D eigenvalue weighted by Crippen LogP contribution is -2.11. The van der Waals surface area contributed by atoms with E-state index < -0.39 is 0 Å². The van der Waals surface area contributed by atoms with Gasteiger partial charge in [0.05, 0.1) is 16.7 Å². The standard InChI is InChI=1S/C46H32N2/c1-2-16-33(17-3-1)47(35-27-28-37-40-22-11-13-31-14-12-23-41(46(31)40)42(37)30-35)34-18-10-15-32(29-34)36-19-4-7-24-43(36)48-44-25-8-5-20-38(44)39-21-6-9-26-45(39)48/h1-22,24-30,41H,23H2. The molecule has 1 heterocycles. The van der Waals surface area contributed by atoms with Gasteiger partial charge in [0, 0.05) is 39.3 Å². The van der Waals surface area contributed by atoms with Gasteiger partial charge in [0.1, 0.15) is 0 Å². The third-order valence-corrected chi connectivity index (χ3v) is 10.3. The fourth-order valence-corrected chi connectivity index (χ4v) is 8.24. The van der Waals surface area contributed by atoms with E-state index in [-0.39, 0.29) is 0 Å². The van der Waals surface area contributed by atoms with Gasteiger partial charge in [-0.15, -0.1) is 0 Å². The Kier molecular flexibility index (Phi) is 6.04. The molecule has 2 aliphatic carbocycles. The molecule has 8 aromatic rings. The second-order valence-corrected chi connectivity index (χ2v) is 12.9. The summed E-state index contributed by atoms with van der Waals surface area (Å²) >= 11 is 0. The van der Waals surface area contributed by atoms with Crippen molar-refractivity contribution in [3.8, 4) is 27.9 Å². The number of anilines is 3. The van der Waals surface area contributed by atoms with Crippen molar-refractivity contribution >= 4 is 44.9 Å². The van der Waals surface area contributed by atoms with Gasteiger partial charge in [0.25, 0.3) is 0 Å². The minimum absolute atomic E-state index is 0.401. The predicted octanol–water partition coefficient (Wildman–Crippen LogP) is 12.4. The van der Waals surface area contributed by atoms with Gasteiger partial charge in [-0.1, -0.05) is 121 Å². The SMILES string of the molecule is C1=Cc2cccc3c2C(C1)c1cc(N(c2ccccc2)c2cccc(-c4ccccc4-n4c5ccccc5c5ccccc54)c2)ccc1-3. The Labute approximate surface area is 280 Å². The maximum atomic E-state index is 2.44. The first-order chi connectivity index (χ1) is 23.8. The highest BCUT2D eigenvalue weighted by molar-refractivity contribution is 6.09. The summed E-state index contributed by atoms with van der Waals surface area (Å²) in [6.07, 6.45) is 5.67. The van der Waals surface area contributed by atoms with Crippen LogP contribution >= 0.6 is 0 Å². The molecular formula is C46H32N2. The first kappa shape index (κ1) is 27.0. The van der Waals surface area contributed by atoms with Crippen LogP contribution in [-0.2, 0) is 0 Å². The van der Waals surface area contributed by atoms with E-state index in [2.05, 4.69) is 185 Å². The number of rotatable bonds is 5. The van der Waals surface area contributed by atoms with E-state index in [1.807, 2.05) is 0 Å². The van der Waals surface area contributed by atoms with Gasteiger partial charge in [-0.3, -0.25) is 0 Å². The molecule has 0 saturated carbocycles. The third kappa shape index (κ3) is 4.06. The molecule has 2 nitrogen and oxygen atoms in total. The summed E-state index contributed by atoms with van der Waals surface area (Å²) in [6, 6.07) is 59.9. The van der Waals surface area contributed by atoms with Crippen molar-refractivity contribution in [3.05, 3.63) is 187 Å². The van der Waals surface area contributed by atoms with Crippen molar-refractivity contribution in [1.29, 1.82) is 0 Å². The average Bonchev–Trinajstić information content (AvgIpc) is 3.66. The van der Waals surface area contributed by atoms with Crippen molar-refractivity contribution in [1.82, 2.24) is 4.57 Å². The first-order valence-corrected chi connectivity index (χ1v) is 16.8. The lowest BCUT2D eigenvalue weighted by atomic mass is 9.86. The largest absolute Gasteiger partial charge is 0.310 e. The second-order valence-electron chi connectivity index (χ2n) is 12.9.